The zero-order chi connectivity index (χ0) is 15.7. The van der Waals surface area contributed by atoms with E-state index in [4.69, 9.17) is 0 Å². The summed E-state index contributed by atoms with van der Waals surface area (Å²) in [6.07, 6.45) is 0.882. The Labute approximate surface area is 132 Å². The number of hydrogen-bond donors (Lipinski definition) is 0. The highest BCUT2D eigenvalue weighted by Gasteiger charge is 2.39. The second-order valence-corrected chi connectivity index (χ2v) is 7.95. The molecule has 3 nitrogen and oxygen atoms in total. The fourth-order valence-electron chi connectivity index (χ4n) is 2.82. The van der Waals surface area contributed by atoms with E-state index in [1.54, 1.807) is 16.4 Å². The summed E-state index contributed by atoms with van der Waals surface area (Å²) in [7, 11) is -3.41. The lowest BCUT2D eigenvalue weighted by molar-refractivity contribution is 0.202. The first-order valence-electron chi connectivity index (χ1n) is 7.67. The van der Waals surface area contributed by atoms with E-state index in [1.165, 1.54) is 0 Å². The average Bonchev–Trinajstić information content (AvgIpc) is 2.47. The van der Waals surface area contributed by atoms with Gasteiger partial charge in [0.1, 0.15) is 0 Å². The fraction of sp³-hybridized carbons (Fsp3) is 0.333. The van der Waals surface area contributed by atoms with Crippen molar-refractivity contribution >= 4 is 10.0 Å². The highest BCUT2D eigenvalue weighted by molar-refractivity contribution is 7.89. The normalized spacial score (nSPS) is 19.1. The van der Waals surface area contributed by atoms with Crippen LogP contribution in [0.4, 0.5) is 0 Å². The van der Waals surface area contributed by atoms with E-state index in [2.05, 4.69) is 13.8 Å². The molecule has 0 saturated carbocycles. The van der Waals surface area contributed by atoms with Gasteiger partial charge in [0.2, 0.25) is 10.0 Å². The Morgan fingerprint density at radius 2 is 1.64 bits per heavy atom. The third-order valence-electron chi connectivity index (χ3n) is 4.31. The van der Waals surface area contributed by atoms with E-state index in [9.17, 15) is 8.42 Å². The molecule has 4 heteroatoms. The maximum absolute atomic E-state index is 12.8. The fourth-order valence-corrected chi connectivity index (χ4v) is 4.48. The van der Waals surface area contributed by atoms with Crippen molar-refractivity contribution in [2.24, 2.45) is 0 Å². The van der Waals surface area contributed by atoms with Crippen molar-refractivity contribution in [2.75, 3.05) is 6.54 Å². The molecule has 3 rings (SSSR count). The second kappa shape index (κ2) is 5.86. The molecule has 1 atom stereocenters. The van der Waals surface area contributed by atoms with Crippen molar-refractivity contribution in [3.63, 3.8) is 0 Å². The first kappa shape index (κ1) is 15.3. The Kier molecular flexibility index (Phi) is 4.06. The Morgan fingerprint density at radius 1 is 1.00 bits per heavy atom. The largest absolute Gasteiger partial charge is 0.243 e. The number of rotatable bonds is 4. The van der Waals surface area contributed by atoms with Gasteiger partial charge < -0.3 is 0 Å². The van der Waals surface area contributed by atoms with Crippen LogP contribution in [-0.2, 0) is 10.0 Å². The minimum absolute atomic E-state index is 0.0315. The van der Waals surface area contributed by atoms with E-state index < -0.39 is 10.0 Å². The molecule has 0 aromatic heterocycles. The predicted molar refractivity (Wildman–Crippen MR) is 88.2 cm³/mol. The molecule has 2 aromatic carbocycles. The molecule has 1 fully saturated rings. The van der Waals surface area contributed by atoms with Crippen molar-refractivity contribution in [3.05, 3.63) is 65.7 Å². The average molecular weight is 315 g/mol. The van der Waals surface area contributed by atoms with Gasteiger partial charge >= 0.3 is 0 Å². The summed E-state index contributed by atoms with van der Waals surface area (Å²) < 4.78 is 27.2. The van der Waals surface area contributed by atoms with Crippen molar-refractivity contribution in [3.8, 4) is 0 Å². The van der Waals surface area contributed by atoms with Crippen LogP contribution < -0.4 is 0 Å². The third-order valence-corrected chi connectivity index (χ3v) is 6.23. The summed E-state index contributed by atoms with van der Waals surface area (Å²) in [5, 5.41) is 0. The standard InChI is InChI=1S/C18H21NO2S/c1-14(2)15-8-10-17(11-9-15)22(20,21)19-13-12-18(19)16-6-4-3-5-7-16/h3-11,14,18H,12-13H2,1-2H3. The Bertz CT molecular complexity index is 736. The first-order chi connectivity index (χ1) is 10.5. The number of hydrogen-bond acceptors (Lipinski definition) is 2. The van der Waals surface area contributed by atoms with Gasteiger partial charge in [0.25, 0.3) is 0 Å². The van der Waals surface area contributed by atoms with Gasteiger partial charge in [-0.2, -0.15) is 4.31 Å². The number of benzene rings is 2. The smallest absolute Gasteiger partial charge is 0.207 e. The summed E-state index contributed by atoms with van der Waals surface area (Å²) in [4.78, 5) is 0.387. The molecule has 0 amide bonds. The van der Waals surface area contributed by atoms with Crippen LogP contribution in [0, 0.1) is 0 Å². The van der Waals surface area contributed by atoms with Crippen LogP contribution in [0.3, 0.4) is 0 Å². The van der Waals surface area contributed by atoms with Gasteiger partial charge in [-0.25, -0.2) is 8.42 Å². The lowest BCUT2D eigenvalue weighted by Crippen LogP contribution is -2.44. The van der Waals surface area contributed by atoms with Crippen LogP contribution in [-0.4, -0.2) is 19.3 Å². The monoisotopic (exact) mass is 315 g/mol. The molecule has 0 bridgehead atoms. The number of nitrogens with zero attached hydrogens (tertiary/aromatic N) is 1. The van der Waals surface area contributed by atoms with Crippen LogP contribution >= 0.6 is 0 Å². The molecule has 1 unspecified atom stereocenters. The minimum atomic E-state index is -3.41. The molecule has 116 valence electrons. The predicted octanol–water partition coefficient (Wildman–Crippen LogP) is 3.95. The molecule has 1 aliphatic rings. The molecule has 0 spiro atoms. The topological polar surface area (TPSA) is 37.4 Å². The van der Waals surface area contributed by atoms with E-state index in [1.807, 2.05) is 42.5 Å². The van der Waals surface area contributed by atoms with Crippen molar-refractivity contribution in [1.29, 1.82) is 0 Å². The third kappa shape index (κ3) is 2.69. The Hall–Kier alpha value is -1.65. The summed E-state index contributed by atoms with van der Waals surface area (Å²) >= 11 is 0. The van der Waals surface area contributed by atoms with Gasteiger partial charge in [-0.1, -0.05) is 56.3 Å². The molecule has 0 aliphatic carbocycles. The van der Waals surface area contributed by atoms with Gasteiger partial charge in [-0.05, 0) is 35.6 Å². The maximum atomic E-state index is 12.8. The molecule has 0 N–H and O–H groups in total. The zero-order valence-corrected chi connectivity index (χ0v) is 13.8. The van der Waals surface area contributed by atoms with Crippen LogP contribution in [0.25, 0.3) is 0 Å². The Morgan fingerprint density at radius 3 is 2.14 bits per heavy atom. The molecular weight excluding hydrogens is 294 g/mol. The highest BCUT2D eigenvalue weighted by atomic mass is 32.2. The molecule has 0 radical (unpaired) electrons. The van der Waals surface area contributed by atoms with E-state index in [0.717, 1.165) is 17.5 Å². The molecular formula is C18H21NO2S. The molecule has 1 heterocycles. The first-order valence-corrected chi connectivity index (χ1v) is 9.11. The van der Waals surface area contributed by atoms with Crippen LogP contribution in [0.15, 0.2) is 59.5 Å². The summed E-state index contributed by atoms with van der Waals surface area (Å²) in [6, 6.07) is 17.1. The van der Waals surface area contributed by atoms with Crippen LogP contribution in [0.2, 0.25) is 0 Å². The van der Waals surface area contributed by atoms with Crippen molar-refractivity contribution < 1.29 is 8.42 Å². The SMILES string of the molecule is CC(C)c1ccc(S(=O)(=O)N2CCC2c2ccccc2)cc1. The summed E-state index contributed by atoms with van der Waals surface area (Å²) in [6.45, 7) is 4.79. The lowest BCUT2D eigenvalue weighted by atomic mass is 9.98. The Balaban J connectivity index is 1.87. The van der Waals surface area contributed by atoms with E-state index in [-0.39, 0.29) is 6.04 Å². The minimum Gasteiger partial charge on any atom is -0.207 e. The summed E-state index contributed by atoms with van der Waals surface area (Å²) in [5.41, 5.74) is 2.22. The maximum Gasteiger partial charge on any atom is 0.243 e. The van der Waals surface area contributed by atoms with Crippen LogP contribution in [0.1, 0.15) is 43.4 Å². The molecule has 2 aromatic rings. The van der Waals surface area contributed by atoms with Gasteiger partial charge in [-0.3, -0.25) is 0 Å². The zero-order valence-electron chi connectivity index (χ0n) is 12.9. The summed E-state index contributed by atoms with van der Waals surface area (Å²) in [5.74, 6) is 0.401. The number of sulfonamides is 1. The second-order valence-electron chi connectivity index (χ2n) is 6.05. The van der Waals surface area contributed by atoms with Gasteiger partial charge in [0, 0.05) is 6.54 Å². The molecule has 22 heavy (non-hydrogen) atoms. The van der Waals surface area contributed by atoms with E-state index >= 15 is 0 Å². The van der Waals surface area contributed by atoms with Crippen molar-refractivity contribution in [1.82, 2.24) is 4.31 Å². The molecule has 1 aliphatic heterocycles. The van der Waals surface area contributed by atoms with Crippen molar-refractivity contribution in [2.45, 2.75) is 37.1 Å². The van der Waals surface area contributed by atoms with Gasteiger partial charge in [0.05, 0.1) is 10.9 Å². The highest BCUT2D eigenvalue weighted by Crippen LogP contribution is 2.38. The van der Waals surface area contributed by atoms with Gasteiger partial charge in [-0.15, -0.1) is 0 Å². The molecule has 1 saturated heterocycles. The quantitative estimate of drug-likeness (QED) is 0.857. The lowest BCUT2D eigenvalue weighted by Gasteiger charge is -2.40. The van der Waals surface area contributed by atoms with Gasteiger partial charge in [0.15, 0.2) is 0 Å². The van der Waals surface area contributed by atoms with E-state index in [0.29, 0.717) is 17.4 Å². The van der Waals surface area contributed by atoms with Crippen LogP contribution in [0.5, 0.6) is 0 Å².